The average molecular weight is 268 g/mol. The molecule has 1 aromatic carbocycles. The van der Waals surface area contributed by atoms with Crippen molar-refractivity contribution < 1.29 is 9.53 Å². The quantitative estimate of drug-likeness (QED) is 0.587. The first-order chi connectivity index (χ1) is 8.67. The van der Waals surface area contributed by atoms with Gasteiger partial charge in [0.25, 0.3) is 5.91 Å². The smallest absolute Gasteiger partial charge is 0.251 e. The molecule has 0 aliphatic rings. The molecular formula is C13H20N2O2S. The fraction of sp³-hybridized carbons (Fsp3) is 0.462. The third-order valence-electron chi connectivity index (χ3n) is 2.49. The van der Waals surface area contributed by atoms with Crippen molar-refractivity contribution in [3.63, 3.8) is 0 Å². The van der Waals surface area contributed by atoms with Gasteiger partial charge in [0.1, 0.15) is 5.75 Å². The second-order valence-corrected chi connectivity index (χ2v) is 4.94. The Morgan fingerprint density at radius 3 is 2.83 bits per heavy atom. The van der Waals surface area contributed by atoms with Crippen LogP contribution in [0.3, 0.4) is 0 Å². The fourth-order valence-corrected chi connectivity index (χ4v) is 2.04. The zero-order valence-electron chi connectivity index (χ0n) is 10.9. The third-order valence-corrected chi connectivity index (χ3v) is 3.18. The van der Waals surface area contributed by atoms with Crippen LogP contribution in [0.2, 0.25) is 0 Å². The molecule has 0 aliphatic carbocycles. The molecule has 5 heteroatoms. The minimum absolute atomic E-state index is 0.107. The molecule has 3 N–H and O–H groups in total. The van der Waals surface area contributed by atoms with Crippen LogP contribution in [-0.4, -0.2) is 31.6 Å². The number of ether oxygens (including phenoxy) is 1. The molecule has 0 spiro atoms. The van der Waals surface area contributed by atoms with E-state index in [0.717, 1.165) is 18.6 Å². The predicted octanol–water partition coefficient (Wildman–Crippen LogP) is 2.15. The predicted molar refractivity (Wildman–Crippen MR) is 77.4 cm³/mol. The van der Waals surface area contributed by atoms with Gasteiger partial charge in [-0.05, 0) is 37.0 Å². The number of amides is 1. The molecule has 100 valence electrons. The molecule has 0 atom stereocenters. The van der Waals surface area contributed by atoms with E-state index >= 15 is 0 Å². The summed E-state index contributed by atoms with van der Waals surface area (Å²) in [6, 6.07) is 5.03. The molecule has 0 aliphatic heterocycles. The number of nitrogen functional groups attached to an aromatic ring is 1. The highest BCUT2D eigenvalue weighted by Crippen LogP contribution is 2.18. The van der Waals surface area contributed by atoms with E-state index in [1.54, 1.807) is 25.3 Å². The Morgan fingerprint density at radius 1 is 1.39 bits per heavy atom. The minimum atomic E-state index is -0.107. The summed E-state index contributed by atoms with van der Waals surface area (Å²) in [7, 11) is 1.55. The summed E-state index contributed by atoms with van der Waals surface area (Å²) in [4.78, 5) is 11.9. The van der Waals surface area contributed by atoms with E-state index in [-0.39, 0.29) is 5.91 Å². The van der Waals surface area contributed by atoms with Gasteiger partial charge in [-0.1, -0.05) is 0 Å². The summed E-state index contributed by atoms with van der Waals surface area (Å²) >= 11 is 1.82. The summed E-state index contributed by atoms with van der Waals surface area (Å²) in [6.45, 7) is 0.691. The van der Waals surface area contributed by atoms with Crippen molar-refractivity contribution in [3.05, 3.63) is 23.8 Å². The number of methoxy groups -OCH3 is 1. The number of hydrogen-bond acceptors (Lipinski definition) is 4. The summed E-state index contributed by atoms with van der Waals surface area (Å²) in [6.07, 6.45) is 4.19. The number of carbonyl (C=O) groups is 1. The lowest BCUT2D eigenvalue weighted by Crippen LogP contribution is -2.24. The number of nitrogens with two attached hydrogens (primary N) is 1. The zero-order valence-corrected chi connectivity index (χ0v) is 11.7. The van der Waals surface area contributed by atoms with Gasteiger partial charge in [0.2, 0.25) is 0 Å². The summed E-state index contributed by atoms with van der Waals surface area (Å²) in [5.74, 6) is 1.62. The molecule has 0 fully saturated rings. The van der Waals surface area contributed by atoms with Crippen LogP contribution in [0.5, 0.6) is 5.75 Å². The molecule has 0 bridgehead atoms. The SMILES string of the molecule is COc1cc(N)cc(C(=O)NCCCCSC)c1. The molecule has 0 saturated heterocycles. The highest BCUT2D eigenvalue weighted by atomic mass is 32.2. The van der Waals surface area contributed by atoms with E-state index in [1.807, 2.05) is 11.8 Å². The zero-order chi connectivity index (χ0) is 13.4. The van der Waals surface area contributed by atoms with Crippen molar-refractivity contribution in [2.45, 2.75) is 12.8 Å². The van der Waals surface area contributed by atoms with E-state index in [9.17, 15) is 4.79 Å². The van der Waals surface area contributed by atoms with Crippen molar-refractivity contribution in [3.8, 4) is 5.75 Å². The number of rotatable bonds is 7. The maximum absolute atomic E-state index is 11.9. The molecule has 0 aromatic heterocycles. The van der Waals surface area contributed by atoms with E-state index in [0.29, 0.717) is 23.5 Å². The van der Waals surface area contributed by atoms with Crippen molar-refractivity contribution in [2.24, 2.45) is 0 Å². The Morgan fingerprint density at radius 2 is 2.17 bits per heavy atom. The number of thioether (sulfide) groups is 1. The van der Waals surface area contributed by atoms with Gasteiger partial charge in [-0.15, -0.1) is 0 Å². The molecular weight excluding hydrogens is 248 g/mol. The maximum Gasteiger partial charge on any atom is 0.251 e. The summed E-state index contributed by atoms with van der Waals surface area (Å²) in [5, 5.41) is 2.88. The van der Waals surface area contributed by atoms with Crippen LogP contribution in [0.4, 0.5) is 5.69 Å². The van der Waals surface area contributed by atoms with Crippen LogP contribution in [0.15, 0.2) is 18.2 Å². The van der Waals surface area contributed by atoms with Crippen LogP contribution in [0.25, 0.3) is 0 Å². The van der Waals surface area contributed by atoms with E-state index in [4.69, 9.17) is 10.5 Å². The van der Waals surface area contributed by atoms with E-state index in [1.165, 1.54) is 0 Å². The number of anilines is 1. The fourth-order valence-electron chi connectivity index (χ4n) is 1.55. The second kappa shape index (κ2) is 7.87. The number of benzene rings is 1. The van der Waals surface area contributed by atoms with Gasteiger partial charge in [-0.2, -0.15) is 11.8 Å². The van der Waals surface area contributed by atoms with Crippen LogP contribution in [0, 0.1) is 0 Å². The number of hydrogen-bond donors (Lipinski definition) is 2. The van der Waals surface area contributed by atoms with E-state index < -0.39 is 0 Å². The number of unbranched alkanes of at least 4 members (excludes halogenated alkanes) is 1. The molecule has 4 nitrogen and oxygen atoms in total. The largest absolute Gasteiger partial charge is 0.497 e. The van der Waals surface area contributed by atoms with Gasteiger partial charge in [0.05, 0.1) is 7.11 Å². The first-order valence-corrected chi connectivity index (χ1v) is 7.28. The van der Waals surface area contributed by atoms with Gasteiger partial charge in [0, 0.05) is 23.9 Å². The first-order valence-electron chi connectivity index (χ1n) is 5.89. The Balaban J connectivity index is 2.48. The molecule has 0 unspecified atom stereocenters. The molecule has 18 heavy (non-hydrogen) atoms. The molecule has 1 rings (SSSR count). The third kappa shape index (κ3) is 4.87. The van der Waals surface area contributed by atoms with Crippen LogP contribution >= 0.6 is 11.8 Å². The lowest BCUT2D eigenvalue weighted by atomic mass is 10.1. The van der Waals surface area contributed by atoms with Crippen LogP contribution in [0.1, 0.15) is 23.2 Å². The molecule has 1 amide bonds. The first kappa shape index (κ1) is 14.7. The Kier molecular flexibility index (Phi) is 6.43. The highest BCUT2D eigenvalue weighted by molar-refractivity contribution is 7.98. The van der Waals surface area contributed by atoms with Gasteiger partial charge in [-0.3, -0.25) is 4.79 Å². The van der Waals surface area contributed by atoms with Crippen molar-refractivity contribution in [1.82, 2.24) is 5.32 Å². The van der Waals surface area contributed by atoms with Gasteiger partial charge >= 0.3 is 0 Å². The van der Waals surface area contributed by atoms with Gasteiger partial charge in [-0.25, -0.2) is 0 Å². The molecule has 0 heterocycles. The van der Waals surface area contributed by atoms with Crippen molar-refractivity contribution in [1.29, 1.82) is 0 Å². The normalized spacial score (nSPS) is 10.1. The number of carbonyl (C=O) groups excluding carboxylic acids is 1. The van der Waals surface area contributed by atoms with Crippen molar-refractivity contribution in [2.75, 3.05) is 31.4 Å². The van der Waals surface area contributed by atoms with Crippen LogP contribution in [-0.2, 0) is 0 Å². The average Bonchev–Trinajstić information content (AvgIpc) is 2.37. The Labute approximate surface area is 112 Å². The van der Waals surface area contributed by atoms with E-state index in [2.05, 4.69) is 11.6 Å². The second-order valence-electron chi connectivity index (χ2n) is 3.95. The maximum atomic E-state index is 11.9. The molecule has 0 saturated carbocycles. The topological polar surface area (TPSA) is 64.3 Å². The standard InChI is InChI=1S/C13H20N2O2S/c1-17-12-8-10(7-11(14)9-12)13(16)15-5-3-4-6-18-2/h7-9H,3-6,14H2,1-2H3,(H,15,16). The molecule has 1 aromatic rings. The van der Waals surface area contributed by atoms with Gasteiger partial charge < -0.3 is 15.8 Å². The Hall–Kier alpha value is -1.36. The lowest BCUT2D eigenvalue weighted by Gasteiger charge is -2.08. The van der Waals surface area contributed by atoms with Gasteiger partial charge in [0.15, 0.2) is 0 Å². The lowest BCUT2D eigenvalue weighted by molar-refractivity contribution is 0.0953. The minimum Gasteiger partial charge on any atom is -0.497 e. The summed E-state index contributed by atoms with van der Waals surface area (Å²) in [5.41, 5.74) is 6.77. The van der Waals surface area contributed by atoms with Crippen LogP contribution < -0.4 is 15.8 Å². The summed E-state index contributed by atoms with van der Waals surface area (Å²) < 4.78 is 5.08. The Bertz CT molecular complexity index is 397. The monoisotopic (exact) mass is 268 g/mol. The molecule has 0 radical (unpaired) electrons. The van der Waals surface area contributed by atoms with Crippen molar-refractivity contribution >= 4 is 23.4 Å². The number of nitrogens with one attached hydrogen (secondary N) is 1. The highest BCUT2D eigenvalue weighted by Gasteiger charge is 2.07.